The van der Waals surface area contributed by atoms with Crippen LogP contribution in [-0.4, -0.2) is 17.0 Å². The second-order valence-electron chi connectivity index (χ2n) is 3.84. The minimum absolute atomic E-state index is 0.123. The average Bonchev–Trinajstić information content (AvgIpc) is 2.32. The van der Waals surface area contributed by atoms with Crippen molar-refractivity contribution in [3.8, 4) is 0 Å². The van der Waals surface area contributed by atoms with Crippen LogP contribution in [0.4, 0.5) is 0 Å². The molecule has 0 radical (unpaired) electrons. The Morgan fingerprint density at radius 2 is 2.09 bits per heavy atom. The molecule has 0 spiro atoms. The van der Waals surface area contributed by atoms with Gasteiger partial charge in [0.05, 0.1) is 6.10 Å². The summed E-state index contributed by atoms with van der Waals surface area (Å²) in [5.74, 6) is 1.28. The molecule has 2 rings (SSSR count). The molecule has 11 heavy (non-hydrogen) atoms. The Morgan fingerprint density at radius 3 is 2.91 bits per heavy atom. The van der Waals surface area contributed by atoms with Gasteiger partial charge in [-0.25, -0.2) is 0 Å². The van der Waals surface area contributed by atoms with E-state index >= 15 is 0 Å². The van der Waals surface area contributed by atoms with Crippen LogP contribution in [0.5, 0.6) is 0 Å². The first kappa shape index (κ1) is 7.29. The molecular weight excluding hydrogens is 140 g/mol. The van der Waals surface area contributed by atoms with Gasteiger partial charge in [0.1, 0.15) is 5.78 Å². The Labute approximate surface area is 66.6 Å². The molecule has 0 heterocycles. The topological polar surface area (TPSA) is 37.3 Å². The largest absolute Gasteiger partial charge is 0.393 e. The first-order chi connectivity index (χ1) is 5.27. The molecule has 0 aliphatic heterocycles. The summed E-state index contributed by atoms with van der Waals surface area (Å²) in [4.78, 5) is 11.2. The van der Waals surface area contributed by atoms with Crippen LogP contribution < -0.4 is 0 Å². The molecule has 1 N–H and O–H groups in total. The van der Waals surface area contributed by atoms with E-state index in [9.17, 15) is 9.90 Å². The van der Waals surface area contributed by atoms with Crippen LogP contribution in [0.25, 0.3) is 0 Å². The molecule has 0 aromatic rings. The highest BCUT2D eigenvalue weighted by Crippen LogP contribution is 2.39. The molecule has 2 fully saturated rings. The molecule has 2 nitrogen and oxygen atoms in total. The molecule has 2 heteroatoms. The predicted molar refractivity (Wildman–Crippen MR) is 41.1 cm³/mol. The van der Waals surface area contributed by atoms with Crippen LogP contribution in [0, 0.1) is 11.8 Å². The van der Waals surface area contributed by atoms with Gasteiger partial charge in [-0.3, -0.25) is 4.79 Å². The summed E-state index contributed by atoms with van der Waals surface area (Å²) in [5.41, 5.74) is 0. The molecule has 0 amide bonds. The van der Waals surface area contributed by atoms with Gasteiger partial charge in [-0.05, 0) is 31.6 Å². The lowest BCUT2D eigenvalue weighted by Gasteiger charge is -2.27. The van der Waals surface area contributed by atoms with Crippen LogP contribution in [0.15, 0.2) is 0 Å². The van der Waals surface area contributed by atoms with Crippen LogP contribution in [-0.2, 0) is 4.79 Å². The van der Waals surface area contributed by atoms with Crippen molar-refractivity contribution >= 4 is 5.78 Å². The second kappa shape index (κ2) is 2.59. The zero-order chi connectivity index (χ0) is 7.84. The molecule has 2 saturated carbocycles. The molecule has 0 aromatic carbocycles. The Morgan fingerprint density at radius 1 is 1.27 bits per heavy atom. The first-order valence-electron chi connectivity index (χ1n) is 4.48. The summed E-state index contributed by atoms with van der Waals surface area (Å²) in [6, 6.07) is 0. The number of carbonyl (C=O) groups is 1. The van der Waals surface area contributed by atoms with Gasteiger partial charge in [0.15, 0.2) is 0 Å². The average molecular weight is 154 g/mol. The van der Waals surface area contributed by atoms with Gasteiger partial charge in [0.2, 0.25) is 0 Å². The van der Waals surface area contributed by atoms with Crippen LogP contribution in [0.2, 0.25) is 0 Å². The van der Waals surface area contributed by atoms with E-state index in [-0.39, 0.29) is 6.10 Å². The third-order valence-corrected chi connectivity index (χ3v) is 3.13. The smallest absolute Gasteiger partial charge is 0.136 e. The third-order valence-electron chi connectivity index (χ3n) is 3.13. The van der Waals surface area contributed by atoms with E-state index in [1.165, 1.54) is 0 Å². The van der Waals surface area contributed by atoms with Gasteiger partial charge in [-0.1, -0.05) is 0 Å². The quantitative estimate of drug-likeness (QED) is 0.568. The summed E-state index contributed by atoms with van der Waals surface area (Å²) in [6.07, 6.45) is 4.32. The molecule has 3 atom stereocenters. The highest BCUT2D eigenvalue weighted by Gasteiger charge is 2.38. The number of rotatable bonds is 0. The Hall–Kier alpha value is -0.370. The number of aliphatic hydroxyl groups excluding tert-OH is 1. The number of ketones is 1. The first-order valence-corrected chi connectivity index (χ1v) is 4.48. The van der Waals surface area contributed by atoms with E-state index in [2.05, 4.69) is 0 Å². The van der Waals surface area contributed by atoms with Crippen molar-refractivity contribution in [3.05, 3.63) is 0 Å². The maximum atomic E-state index is 11.2. The van der Waals surface area contributed by atoms with E-state index in [0.29, 0.717) is 17.6 Å². The van der Waals surface area contributed by atoms with Crippen LogP contribution >= 0.6 is 0 Å². The van der Waals surface area contributed by atoms with Crippen molar-refractivity contribution in [2.75, 3.05) is 0 Å². The fourth-order valence-electron chi connectivity index (χ4n) is 2.50. The van der Waals surface area contributed by atoms with Gasteiger partial charge in [0, 0.05) is 12.3 Å². The highest BCUT2D eigenvalue weighted by atomic mass is 16.3. The maximum absolute atomic E-state index is 11.2. The highest BCUT2D eigenvalue weighted by molar-refractivity contribution is 5.83. The number of Topliss-reactive ketones (excluding diaryl/α,β-unsaturated/α-hetero) is 1. The number of hydrogen-bond acceptors (Lipinski definition) is 2. The lowest BCUT2D eigenvalue weighted by molar-refractivity contribution is -0.122. The third kappa shape index (κ3) is 1.20. The number of hydrogen-bond donors (Lipinski definition) is 1. The van der Waals surface area contributed by atoms with E-state index < -0.39 is 0 Å². The fourth-order valence-corrected chi connectivity index (χ4v) is 2.50. The lowest BCUT2D eigenvalue weighted by atomic mass is 9.80. The molecule has 62 valence electrons. The maximum Gasteiger partial charge on any atom is 0.136 e. The Balaban J connectivity index is 2.06. The molecular formula is C9H14O2. The molecule has 2 aliphatic carbocycles. The normalized spacial score (nSPS) is 44.1. The van der Waals surface area contributed by atoms with Gasteiger partial charge in [-0.2, -0.15) is 0 Å². The van der Waals surface area contributed by atoms with Crippen molar-refractivity contribution in [1.82, 2.24) is 0 Å². The van der Waals surface area contributed by atoms with Gasteiger partial charge >= 0.3 is 0 Å². The summed E-state index contributed by atoms with van der Waals surface area (Å²) < 4.78 is 0. The van der Waals surface area contributed by atoms with E-state index in [1.807, 2.05) is 0 Å². The second-order valence-corrected chi connectivity index (χ2v) is 3.84. The molecule has 0 aromatic heterocycles. The zero-order valence-electron chi connectivity index (χ0n) is 6.62. The van der Waals surface area contributed by atoms with Gasteiger partial charge in [0.25, 0.3) is 0 Å². The summed E-state index contributed by atoms with van der Waals surface area (Å²) in [6.45, 7) is 0. The molecule has 2 aliphatic rings. The van der Waals surface area contributed by atoms with Gasteiger partial charge in [-0.15, -0.1) is 0 Å². The van der Waals surface area contributed by atoms with Crippen molar-refractivity contribution in [1.29, 1.82) is 0 Å². The summed E-state index contributed by atoms with van der Waals surface area (Å²) in [7, 11) is 0. The van der Waals surface area contributed by atoms with Crippen LogP contribution in [0.1, 0.15) is 32.1 Å². The summed E-state index contributed by atoms with van der Waals surface area (Å²) in [5, 5.41) is 9.33. The number of carbonyl (C=O) groups excluding carboxylic acids is 1. The van der Waals surface area contributed by atoms with E-state index in [1.54, 1.807) is 0 Å². The zero-order valence-corrected chi connectivity index (χ0v) is 6.62. The molecule has 0 saturated heterocycles. The lowest BCUT2D eigenvalue weighted by Crippen LogP contribution is -2.26. The summed E-state index contributed by atoms with van der Waals surface area (Å²) >= 11 is 0. The predicted octanol–water partition coefficient (Wildman–Crippen LogP) is 1.13. The Bertz CT molecular complexity index is 176. The van der Waals surface area contributed by atoms with Crippen molar-refractivity contribution < 1.29 is 9.90 Å². The van der Waals surface area contributed by atoms with Crippen molar-refractivity contribution in [2.45, 2.75) is 38.2 Å². The number of aliphatic hydroxyl groups is 1. The van der Waals surface area contributed by atoms with Crippen molar-refractivity contribution in [3.63, 3.8) is 0 Å². The number of fused-ring (bicyclic) bond motifs is 1. The van der Waals surface area contributed by atoms with Crippen molar-refractivity contribution in [2.24, 2.45) is 11.8 Å². The minimum Gasteiger partial charge on any atom is -0.393 e. The Kier molecular flexibility index (Phi) is 1.72. The molecule has 0 bridgehead atoms. The fraction of sp³-hybridized carbons (Fsp3) is 0.889. The standard InChI is InChI=1S/C9H14O2/c10-7-2-3-8-6(5-7)1-4-9(8)11/h6-8,10H,1-5H2. The minimum atomic E-state index is -0.123. The van der Waals surface area contributed by atoms with E-state index in [0.717, 1.165) is 32.1 Å². The monoisotopic (exact) mass is 154 g/mol. The van der Waals surface area contributed by atoms with E-state index in [4.69, 9.17) is 0 Å². The SMILES string of the molecule is O=C1CCC2CC(O)CCC12. The van der Waals surface area contributed by atoms with Gasteiger partial charge < -0.3 is 5.11 Å². The molecule has 3 unspecified atom stereocenters. The van der Waals surface area contributed by atoms with Crippen LogP contribution in [0.3, 0.4) is 0 Å².